The van der Waals surface area contributed by atoms with Gasteiger partial charge < -0.3 is 4.74 Å². The third kappa shape index (κ3) is 1.91. The van der Waals surface area contributed by atoms with Gasteiger partial charge in [0, 0.05) is 15.8 Å². The fourth-order valence-corrected chi connectivity index (χ4v) is 2.88. The Hall–Kier alpha value is -1.51. The minimum Gasteiger partial charge on any atom is -0.497 e. The maximum atomic E-state index is 6.56. The van der Waals surface area contributed by atoms with Crippen molar-refractivity contribution in [1.29, 1.82) is 0 Å². The van der Waals surface area contributed by atoms with Gasteiger partial charge in [-0.05, 0) is 49.2 Å². The SMILES string of the molecule is COc1cc(C)c2nc3c(C)c(Cl)ccc3c(Cl)c2c1. The predicted molar refractivity (Wildman–Crippen MR) is 85.3 cm³/mol. The Labute approximate surface area is 127 Å². The first-order valence-corrected chi connectivity index (χ1v) is 7.01. The maximum Gasteiger partial charge on any atom is 0.119 e. The smallest absolute Gasteiger partial charge is 0.119 e. The molecule has 0 saturated carbocycles. The molecule has 0 bridgehead atoms. The van der Waals surface area contributed by atoms with E-state index >= 15 is 0 Å². The molecule has 3 rings (SSSR count). The summed E-state index contributed by atoms with van der Waals surface area (Å²) in [5.41, 5.74) is 3.71. The largest absolute Gasteiger partial charge is 0.497 e. The van der Waals surface area contributed by atoms with Crippen LogP contribution in [0.2, 0.25) is 10.0 Å². The number of hydrogen-bond acceptors (Lipinski definition) is 2. The number of aryl methyl sites for hydroxylation is 2. The molecular formula is C16H13Cl2NO. The van der Waals surface area contributed by atoms with Crippen molar-refractivity contribution in [3.05, 3.63) is 45.4 Å². The van der Waals surface area contributed by atoms with Crippen LogP contribution in [0.1, 0.15) is 11.1 Å². The second-order valence-electron chi connectivity index (χ2n) is 4.83. The van der Waals surface area contributed by atoms with Crippen molar-refractivity contribution in [2.45, 2.75) is 13.8 Å². The molecule has 0 atom stereocenters. The summed E-state index contributed by atoms with van der Waals surface area (Å²) in [5.74, 6) is 0.781. The molecule has 0 saturated heterocycles. The van der Waals surface area contributed by atoms with Gasteiger partial charge in [-0.15, -0.1) is 0 Å². The molecule has 4 heteroatoms. The molecule has 0 spiro atoms. The van der Waals surface area contributed by atoms with Gasteiger partial charge in [-0.2, -0.15) is 0 Å². The third-order valence-electron chi connectivity index (χ3n) is 3.57. The molecule has 1 heterocycles. The van der Waals surface area contributed by atoms with Crippen LogP contribution in [0.3, 0.4) is 0 Å². The normalized spacial score (nSPS) is 11.2. The van der Waals surface area contributed by atoms with Gasteiger partial charge in [0.15, 0.2) is 0 Å². The summed E-state index contributed by atoms with van der Waals surface area (Å²) in [6, 6.07) is 7.64. The van der Waals surface area contributed by atoms with Crippen LogP contribution < -0.4 is 4.74 Å². The Bertz CT molecular complexity index is 843. The topological polar surface area (TPSA) is 22.1 Å². The zero-order valence-electron chi connectivity index (χ0n) is 11.4. The standard InChI is InChI=1S/C16H13Cl2NO/c1-8-6-10(20-3)7-12-14(18)11-4-5-13(17)9(2)16(11)19-15(8)12/h4-7H,1-3H3. The van der Waals surface area contributed by atoms with Crippen LogP contribution in [0.4, 0.5) is 0 Å². The highest BCUT2D eigenvalue weighted by atomic mass is 35.5. The van der Waals surface area contributed by atoms with Gasteiger partial charge in [-0.1, -0.05) is 23.2 Å². The Balaban J connectivity index is 2.54. The molecule has 0 aliphatic heterocycles. The van der Waals surface area contributed by atoms with E-state index in [1.807, 2.05) is 38.1 Å². The Morgan fingerprint density at radius 3 is 2.45 bits per heavy atom. The lowest BCUT2D eigenvalue weighted by Gasteiger charge is -2.11. The molecule has 0 N–H and O–H groups in total. The van der Waals surface area contributed by atoms with Crippen molar-refractivity contribution < 1.29 is 4.74 Å². The van der Waals surface area contributed by atoms with E-state index in [2.05, 4.69) is 0 Å². The van der Waals surface area contributed by atoms with E-state index < -0.39 is 0 Å². The van der Waals surface area contributed by atoms with E-state index in [4.69, 9.17) is 32.9 Å². The zero-order chi connectivity index (χ0) is 14.4. The quantitative estimate of drug-likeness (QED) is 0.568. The van der Waals surface area contributed by atoms with E-state index in [1.54, 1.807) is 7.11 Å². The number of methoxy groups -OCH3 is 1. The summed E-state index contributed by atoms with van der Waals surface area (Å²) < 4.78 is 5.31. The van der Waals surface area contributed by atoms with Crippen molar-refractivity contribution in [1.82, 2.24) is 4.98 Å². The fourth-order valence-electron chi connectivity index (χ4n) is 2.43. The van der Waals surface area contributed by atoms with E-state index in [0.717, 1.165) is 38.7 Å². The summed E-state index contributed by atoms with van der Waals surface area (Å²) in [4.78, 5) is 4.75. The average Bonchev–Trinajstić information content (AvgIpc) is 2.44. The van der Waals surface area contributed by atoms with Crippen molar-refractivity contribution in [2.24, 2.45) is 0 Å². The Morgan fingerprint density at radius 1 is 1.00 bits per heavy atom. The van der Waals surface area contributed by atoms with Crippen LogP contribution in [0.5, 0.6) is 5.75 Å². The van der Waals surface area contributed by atoms with Crippen LogP contribution in [-0.4, -0.2) is 12.1 Å². The molecule has 0 amide bonds. The van der Waals surface area contributed by atoms with Gasteiger partial charge in [-0.3, -0.25) is 0 Å². The molecule has 0 unspecified atom stereocenters. The highest BCUT2D eigenvalue weighted by Crippen LogP contribution is 2.36. The molecule has 0 radical (unpaired) electrons. The number of fused-ring (bicyclic) bond motifs is 2. The molecule has 2 aromatic carbocycles. The van der Waals surface area contributed by atoms with Gasteiger partial charge in [0.05, 0.1) is 23.2 Å². The minimum absolute atomic E-state index is 0.687. The van der Waals surface area contributed by atoms with E-state index in [0.29, 0.717) is 10.0 Å². The maximum absolute atomic E-state index is 6.56. The fraction of sp³-hybridized carbons (Fsp3) is 0.188. The summed E-state index contributed by atoms with van der Waals surface area (Å²) in [6.07, 6.45) is 0. The first kappa shape index (κ1) is 13.5. The van der Waals surface area contributed by atoms with E-state index in [9.17, 15) is 0 Å². The molecule has 0 aliphatic rings. The summed E-state index contributed by atoms with van der Waals surface area (Å²) in [6.45, 7) is 3.96. The Kier molecular flexibility index (Phi) is 3.23. The highest BCUT2D eigenvalue weighted by molar-refractivity contribution is 6.41. The van der Waals surface area contributed by atoms with Crippen LogP contribution in [-0.2, 0) is 0 Å². The molecule has 3 aromatic rings. The van der Waals surface area contributed by atoms with Crippen LogP contribution in [0.15, 0.2) is 24.3 Å². The first-order chi connectivity index (χ1) is 9.52. The van der Waals surface area contributed by atoms with Crippen molar-refractivity contribution in [2.75, 3.05) is 7.11 Å². The number of hydrogen-bond donors (Lipinski definition) is 0. The number of benzene rings is 2. The van der Waals surface area contributed by atoms with Crippen LogP contribution in [0.25, 0.3) is 21.8 Å². The van der Waals surface area contributed by atoms with Crippen molar-refractivity contribution in [3.8, 4) is 5.75 Å². The molecule has 2 nitrogen and oxygen atoms in total. The van der Waals surface area contributed by atoms with Gasteiger partial charge in [0.25, 0.3) is 0 Å². The van der Waals surface area contributed by atoms with Crippen LogP contribution >= 0.6 is 23.2 Å². The summed E-state index contributed by atoms with van der Waals surface area (Å²) in [5, 5.41) is 3.20. The van der Waals surface area contributed by atoms with Gasteiger partial charge >= 0.3 is 0 Å². The number of halogens is 2. The Morgan fingerprint density at radius 2 is 1.75 bits per heavy atom. The number of aromatic nitrogens is 1. The van der Waals surface area contributed by atoms with Gasteiger partial charge in [0.1, 0.15) is 5.75 Å². The lowest BCUT2D eigenvalue weighted by Crippen LogP contribution is -1.92. The van der Waals surface area contributed by atoms with Gasteiger partial charge in [-0.25, -0.2) is 4.98 Å². The summed E-state index contributed by atoms with van der Waals surface area (Å²) >= 11 is 12.7. The number of rotatable bonds is 1. The second kappa shape index (κ2) is 4.80. The first-order valence-electron chi connectivity index (χ1n) is 6.25. The predicted octanol–water partition coefficient (Wildman–Crippen LogP) is 5.32. The number of ether oxygens (including phenoxy) is 1. The third-order valence-corrected chi connectivity index (χ3v) is 4.39. The van der Waals surface area contributed by atoms with Crippen molar-refractivity contribution >= 4 is 45.0 Å². The molecule has 0 fully saturated rings. The molecule has 20 heavy (non-hydrogen) atoms. The number of nitrogens with zero attached hydrogens (tertiary/aromatic N) is 1. The van der Waals surface area contributed by atoms with Gasteiger partial charge in [0.2, 0.25) is 0 Å². The lowest BCUT2D eigenvalue weighted by molar-refractivity contribution is 0.415. The van der Waals surface area contributed by atoms with Crippen LogP contribution in [0, 0.1) is 13.8 Å². The lowest BCUT2D eigenvalue weighted by atomic mass is 10.0. The van der Waals surface area contributed by atoms with Crippen molar-refractivity contribution in [3.63, 3.8) is 0 Å². The summed E-state index contributed by atoms with van der Waals surface area (Å²) in [7, 11) is 1.65. The highest BCUT2D eigenvalue weighted by Gasteiger charge is 2.13. The minimum atomic E-state index is 0.687. The molecule has 102 valence electrons. The average molecular weight is 306 g/mol. The van der Waals surface area contributed by atoms with E-state index in [1.165, 1.54) is 0 Å². The number of pyridine rings is 1. The second-order valence-corrected chi connectivity index (χ2v) is 5.62. The molecule has 0 aliphatic carbocycles. The molecular weight excluding hydrogens is 293 g/mol. The van der Waals surface area contributed by atoms with E-state index in [-0.39, 0.29) is 0 Å². The monoisotopic (exact) mass is 305 g/mol. The zero-order valence-corrected chi connectivity index (χ0v) is 12.9. The molecule has 1 aromatic heterocycles.